The fourth-order valence-corrected chi connectivity index (χ4v) is 2.59. The molecule has 76 valence electrons. The highest BCUT2D eigenvalue weighted by Gasteiger charge is 2.35. The Balaban J connectivity index is 2.68. The molecule has 1 atom stereocenters. The van der Waals surface area contributed by atoms with Crippen LogP contribution in [0.15, 0.2) is 12.2 Å². The zero-order valence-corrected chi connectivity index (χ0v) is 8.92. The van der Waals surface area contributed by atoms with Crippen molar-refractivity contribution in [2.24, 2.45) is 5.41 Å². The molecule has 1 aliphatic carbocycles. The zero-order valence-electron chi connectivity index (χ0n) is 8.92. The molecule has 0 aromatic carbocycles. The van der Waals surface area contributed by atoms with Crippen LogP contribution in [0, 0.1) is 5.41 Å². The minimum absolute atomic E-state index is 0.0996. The summed E-state index contributed by atoms with van der Waals surface area (Å²) in [6.07, 6.45) is 10.9. The molecule has 0 aromatic rings. The lowest BCUT2D eigenvalue weighted by atomic mass is 9.69. The number of aliphatic hydroxyl groups is 1. The van der Waals surface area contributed by atoms with Gasteiger partial charge in [-0.3, -0.25) is 0 Å². The first kappa shape index (κ1) is 10.8. The Bertz CT molecular complexity index is 166. The van der Waals surface area contributed by atoms with Gasteiger partial charge >= 0.3 is 0 Å². The molecule has 1 unspecified atom stereocenters. The molecule has 13 heavy (non-hydrogen) atoms. The number of hydrogen-bond donors (Lipinski definition) is 1. The number of rotatable bonds is 4. The lowest BCUT2D eigenvalue weighted by molar-refractivity contribution is 0.00781. The second-order valence-corrected chi connectivity index (χ2v) is 4.29. The molecular weight excluding hydrogens is 160 g/mol. The van der Waals surface area contributed by atoms with E-state index in [1.54, 1.807) is 0 Å². The monoisotopic (exact) mass is 182 g/mol. The highest BCUT2D eigenvalue weighted by molar-refractivity contribution is 5.02. The normalized spacial score (nSPS) is 26.2. The Morgan fingerprint density at radius 3 is 2.31 bits per heavy atom. The van der Waals surface area contributed by atoms with E-state index in [4.69, 9.17) is 0 Å². The van der Waals surface area contributed by atoms with Crippen LogP contribution in [0.4, 0.5) is 0 Å². The van der Waals surface area contributed by atoms with E-state index in [-0.39, 0.29) is 11.5 Å². The van der Waals surface area contributed by atoms with Gasteiger partial charge in [-0.05, 0) is 25.7 Å². The largest absolute Gasteiger partial charge is 0.392 e. The van der Waals surface area contributed by atoms with Gasteiger partial charge in [0.05, 0.1) is 6.10 Å². The van der Waals surface area contributed by atoms with E-state index < -0.39 is 0 Å². The van der Waals surface area contributed by atoms with Crippen LogP contribution in [0.2, 0.25) is 0 Å². The fourth-order valence-electron chi connectivity index (χ4n) is 2.59. The first-order chi connectivity index (χ1) is 6.25. The highest BCUT2D eigenvalue weighted by Crippen LogP contribution is 2.41. The minimum atomic E-state index is -0.0996. The third-order valence-electron chi connectivity index (χ3n) is 3.25. The van der Waals surface area contributed by atoms with Gasteiger partial charge in [-0.25, -0.2) is 0 Å². The molecule has 0 bridgehead atoms. The zero-order chi connectivity index (χ0) is 9.73. The maximum atomic E-state index is 10.0. The van der Waals surface area contributed by atoms with Gasteiger partial charge < -0.3 is 5.11 Å². The summed E-state index contributed by atoms with van der Waals surface area (Å²) in [7, 11) is 0. The van der Waals surface area contributed by atoms with Crippen LogP contribution < -0.4 is 0 Å². The second kappa shape index (κ2) is 4.80. The first-order valence-electron chi connectivity index (χ1n) is 5.58. The van der Waals surface area contributed by atoms with Gasteiger partial charge in [-0.15, -0.1) is 0 Å². The van der Waals surface area contributed by atoms with Crippen molar-refractivity contribution in [2.75, 3.05) is 0 Å². The van der Waals surface area contributed by atoms with Crippen molar-refractivity contribution in [1.29, 1.82) is 0 Å². The summed E-state index contributed by atoms with van der Waals surface area (Å²) in [5, 5.41) is 10.0. The maximum absolute atomic E-state index is 10.0. The average molecular weight is 182 g/mol. The van der Waals surface area contributed by atoms with Crippen LogP contribution in [0.25, 0.3) is 0 Å². The summed E-state index contributed by atoms with van der Waals surface area (Å²) < 4.78 is 0. The summed E-state index contributed by atoms with van der Waals surface area (Å²) >= 11 is 0. The standard InChI is InChI=1S/C12H22O/c1-3-8-12(9-4-2)10-6-5-7-11(12)13/h5-6,11,13H,3-4,7-10H2,1-2H3. The summed E-state index contributed by atoms with van der Waals surface area (Å²) in [4.78, 5) is 0. The van der Waals surface area contributed by atoms with E-state index in [0.717, 1.165) is 12.8 Å². The van der Waals surface area contributed by atoms with Crippen LogP contribution in [0.5, 0.6) is 0 Å². The molecule has 0 saturated heterocycles. The van der Waals surface area contributed by atoms with Crippen LogP contribution in [0.1, 0.15) is 52.4 Å². The molecule has 0 aliphatic heterocycles. The van der Waals surface area contributed by atoms with Gasteiger partial charge in [0.2, 0.25) is 0 Å². The lowest BCUT2D eigenvalue weighted by Crippen LogP contribution is -2.36. The van der Waals surface area contributed by atoms with Crippen molar-refractivity contribution in [3.8, 4) is 0 Å². The molecule has 0 spiro atoms. The van der Waals surface area contributed by atoms with E-state index >= 15 is 0 Å². The summed E-state index contributed by atoms with van der Waals surface area (Å²) in [5.41, 5.74) is 0.207. The Labute approximate surface area is 81.9 Å². The topological polar surface area (TPSA) is 20.2 Å². The van der Waals surface area contributed by atoms with Gasteiger partial charge in [0.25, 0.3) is 0 Å². The van der Waals surface area contributed by atoms with E-state index in [2.05, 4.69) is 26.0 Å². The molecule has 1 rings (SSSR count). The van der Waals surface area contributed by atoms with Crippen molar-refractivity contribution < 1.29 is 5.11 Å². The number of hydrogen-bond acceptors (Lipinski definition) is 1. The third kappa shape index (κ3) is 2.34. The average Bonchev–Trinajstić information content (AvgIpc) is 2.11. The molecule has 1 N–H and O–H groups in total. The molecule has 1 aliphatic rings. The van der Waals surface area contributed by atoms with Gasteiger partial charge in [0.1, 0.15) is 0 Å². The summed E-state index contributed by atoms with van der Waals surface area (Å²) in [6, 6.07) is 0. The van der Waals surface area contributed by atoms with E-state index in [0.29, 0.717) is 0 Å². The summed E-state index contributed by atoms with van der Waals surface area (Å²) in [5.74, 6) is 0. The number of allylic oxidation sites excluding steroid dienone is 1. The fraction of sp³-hybridized carbons (Fsp3) is 0.833. The number of aliphatic hydroxyl groups excluding tert-OH is 1. The predicted octanol–water partition coefficient (Wildman–Crippen LogP) is 3.28. The van der Waals surface area contributed by atoms with Crippen molar-refractivity contribution in [1.82, 2.24) is 0 Å². The van der Waals surface area contributed by atoms with Crippen molar-refractivity contribution in [3.63, 3.8) is 0 Å². The van der Waals surface area contributed by atoms with Crippen LogP contribution in [0.3, 0.4) is 0 Å². The van der Waals surface area contributed by atoms with E-state index in [1.165, 1.54) is 25.7 Å². The quantitative estimate of drug-likeness (QED) is 0.661. The maximum Gasteiger partial charge on any atom is 0.0633 e. The molecule has 1 heteroatoms. The Morgan fingerprint density at radius 1 is 1.23 bits per heavy atom. The third-order valence-corrected chi connectivity index (χ3v) is 3.25. The second-order valence-electron chi connectivity index (χ2n) is 4.29. The minimum Gasteiger partial charge on any atom is -0.392 e. The highest BCUT2D eigenvalue weighted by atomic mass is 16.3. The van der Waals surface area contributed by atoms with E-state index in [9.17, 15) is 5.11 Å². The van der Waals surface area contributed by atoms with E-state index in [1.807, 2.05) is 0 Å². The Morgan fingerprint density at radius 2 is 1.85 bits per heavy atom. The molecule has 0 saturated carbocycles. The lowest BCUT2D eigenvalue weighted by Gasteiger charge is -2.39. The van der Waals surface area contributed by atoms with Gasteiger partial charge in [-0.2, -0.15) is 0 Å². The van der Waals surface area contributed by atoms with Crippen LogP contribution >= 0.6 is 0 Å². The molecule has 0 aromatic heterocycles. The summed E-state index contributed by atoms with van der Waals surface area (Å²) in [6.45, 7) is 4.42. The molecule has 1 nitrogen and oxygen atoms in total. The van der Waals surface area contributed by atoms with Gasteiger partial charge in [0.15, 0.2) is 0 Å². The van der Waals surface area contributed by atoms with Crippen molar-refractivity contribution >= 4 is 0 Å². The SMILES string of the molecule is CCCC1(CCC)CC=CCC1O. The van der Waals surface area contributed by atoms with Crippen LogP contribution in [-0.2, 0) is 0 Å². The van der Waals surface area contributed by atoms with Gasteiger partial charge in [-0.1, -0.05) is 38.8 Å². The molecule has 0 amide bonds. The van der Waals surface area contributed by atoms with Gasteiger partial charge in [0, 0.05) is 5.41 Å². The molecule has 0 heterocycles. The first-order valence-corrected chi connectivity index (χ1v) is 5.58. The predicted molar refractivity (Wildman–Crippen MR) is 56.6 cm³/mol. The Hall–Kier alpha value is -0.300. The van der Waals surface area contributed by atoms with Crippen molar-refractivity contribution in [2.45, 2.75) is 58.5 Å². The van der Waals surface area contributed by atoms with Crippen LogP contribution in [-0.4, -0.2) is 11.2 Å². The molecular formula is C12H22O. The molecule has 0 fully saturated rings. The molecule has 0 radical (unpaired) electrons. The van der Waals surface area contributed by atoms with Crippen molar-refractivity contribution in [3.05, 3.63) is 12.2 Å². The Kier molecular flexibility index (Phi) is 3.98. The smallest absolute Gasteiger partial charge is 0.0633 e.